The average molecular weight is 538 g/mol. The summed E-state index contributed by atoms with van der Waals surface area (Å²) in [5.41, 5.74) is 12.3. The molecule has 4 atom stereocenters. The van der Waals surface area contributed by atoms with E-state index in [1.165, 1.54) is 12.1 Å². The first-order valence-corrected chi connectivity index (χ1v) is 12.4. The molecule has 1 rings (SSSR count). The highest BCUT2D eigenvalue weighted by Crippen LogP contribution is 2.12. The predicted molar refractivity (Wildman–Crippen MR) is 138 cm³/mol. The van der Waals surface area contributed by atoms with Crippen molar-refractivity contribution in [3.05, 3.63) is 29.8 Å². The number of carboxylic acid groups (broad SMARTS) is 2. The van der Waals surface area contributed by atoms with Gasteiger partial charge in [-0.25, -0.2) is 4.79 Å². The van der Waals surface area contributed by atoms with Crippen molar-refractivity contribution in [2.24, 2.45) is 17.4 Å². The molecule has 13 heteroatoms. The monoisotopic (exact) mass is 537 g/mol. The zero-order chi connectivity index (χ0) is 28.8. The van der Waals surface area contributed by atoms with Crippen molar-refractivity contribution >= 4 is 29.7 Å². The van der Waals surface area contributed by atoms with Gasteiger partial charge in [0.15, 0.2) is 0 Å². The Labute approximate surface area is 221 Å². The summed E-state index contributed by atoms with van der Waals surface area (Å²) in [6, 6.07) is 1.58. The number of aromatic hydroxyl groups is 1. The van der Waals surface area contributed by atoms with Crippen LogP contribution in [0.1, 0.15) is 51.5 Å². The fourth-order valence-electron chi connectivity index (χ4n) is 3.59. The second-order valence-corrected chi connectivity index (χ2v) is 9.38. The number of rotatable bonds is 17. The molecule has 0 fully saturated rings. The molecule has 13 nitrogen and oxygen atoms in total. The van der Waals surface area contributed by atoms with E-state index >= 15 is 0 Å². The summed E-state index contributed by atoms with van der Waals surface area (Å²) in [5, 5.41) is 35.1. The van der Waals surface area contributed by atoms with Crippen LogP contribution in [0, 0.1) is 5.92 Å². The highest BCUT2D eigenvalue weighted by Gasteiger charge is 2.31. The first kappa shape index (κ1) is 32.3. The number of hydrogen-bond acceptors (Lipinski definition) is 8. The number of phenolic OH excluding ortho intramolecular Hbond substituents is 1. The van der Waals surface area contributed by atoms with Gasteiger partial charge in [-0.3, -0.25) is 19.2 Å². The molecule has 0 aliphatic heterocycles. The zero-order valence-electron chi connectivity index (χ0n) is 21.7. The number of carbonyl (C=O) groups excluding carboxylic acids is 3. The molecule has 0 saturated heterocycles. The molecule has 0 saturated carbocycles. The van der Waals surface area contributed by atoms with E-state index in [0.29, 0.717) is 24.9 Å². The van der Waals surface area contributed by atoms with Gasteiger partial charge in [0.1, 0.15) is 23.9 Å². The van der Waals surface area contributed by atoms with Gasteiger partial charge in [0, 0.05) is 6.42 Å². The summed E-state index contributed by atoms with van der Waals surface area (Å²) in [6.07, 6.45) is 0.529. The molecule has 0 bridgehead atoms. The number of carboxylic acids is 2. The zero-order valence-corrected chi connectivity index (χ0v) is 21.7. The predicted octanol–water partition coefficient (Wildman–Crippen LogP) is -0.549. The summed E-state index contributed by atoms with van der Waals surface area (Å²) >= 11 is 0. The number of nitrogens with two attached hydrogens (primary N) is 2. The minimum Gasteiger partial charge on any atom is -0.508 e. The maximum Gasteiger partial charge on any atom is 0.326 e. The first-order chi connectivity index (χ1) is 17.8. The molecule has 0 aliphatic rings. The van der Waals surface area contributed by atoms with Crippen molar-refractivity contribution in [2.45, 2.75) is 76.5 Å². The molecular formula is C25H39N5O8. The number of amides is 3. The second-order valence-electron chi connectivity index (χ2n) is 9.38. The fraction of sp³-hybridized carbons (Fsp3) is 0.560. The number of aliphatic carboxylic acids is 2. The van der Waals surface area contributed by atoms with Crippen molar-refractivity contribution < 1.29 is 39.3 Å². The van der Waals surface area contributed by atoms with Gasteiger partial charge in [-0.1, -0.05) is 26.0 Å². The number of nitrogens with one attached hydrogen (secondary N) is 3. The summed E-state index contributed by atoms with van der Waals surface area (Å²) < 4.78 is 0. The van der Waals surface area contributed by atoms with Crippen LogP contribution in [-0.4, -0.2) is 75.7 Å². The Morgan fingerprint density at radius 2 is 1.45 bits per heavy atom. The minimum atomic E-state index is -1.45. The van der Waals surface area contributed by atoms with Gasteiger partial charge in [-0.15, -0.1) is 0 Å². The number of phenols is 1. The number of carbonyl (C=O) groups is 5. The molecule has 1 aromatic carbocycles. The molecule has 0 aliphatic carbocycles. The summed E-state index contributed by atoms with van der Waals surface area (Å²) in [4.78, 5) is 61.1. The third-order valence-electron chi connectivity index (χ3n) is 5.82. The lowest BCUT2D eigenvalue weighted by molar-refractivity contribution is -0.143. The Balaban J connectivity index is 2.93. The molecule has 10 N–H and O–H groups in total. The summed E-state index contributed by atoms with van der Waals surface area (Å²) in [7, 11) is 0. The lowest BCUT2D eigenvalue weighted by Crippen LogP contribution is -2.58. The van der Waals surface area contributed by atoms with E-state index in [-0.39, 0.29) is 30.9 Å². The van der Waals surface area contributed by atoms with Crippen molar-refractivity contribution in [3.63, 3.8) is 0 Å². The topological polar surface area (TPSA) is 234 Å². The van der Waals surface area contributed by atoms with Gasteiger partial charge >= 0.3 is 11.9 Å². The third kappa shape index (κ3) is 11.6. The standard InChI is InChI=1S/C25H39N5O8/c1-14(2)21(30-22(34)17(27)13-15-6-8-16(31)9-7-15)24(36)28-18(5-3-4-12-26)23(35)29-19(25(37)38)10-11-20(32)33/h6-9,14,17-19,21,31H,3-5,10-13,26-27H2,1-2H3,(H,28,36)(H,29,35)(H,30,34)(H,32,33)(H,37,38). The lowest BCUT2D eigenvalue weighted by atomic mass is 10.00. The van der Waals surface area contributed by atoms with Crippen LogP contribution in [0.3, 0.4) is 0 Å². The number of unbranched alkanes of at least 4 members (excludes halogenated alkanes) is 1. The molecule has 38 heavy (non-hydrogen) atoms. The van der Waals surface area contributed by atoms with Gasteiger partial charge in [0.2, 0.25) is 17.7 Å². The van der Waals surface area contributed by atoms with E-state index in [1.807, 2.05) is 0 Å². The smallest absolute Gasteiger partial charge is 0.326 e. The van der Waals surface area contributed by atoms with Crippen LogP contribution < -0.4 is 27.4 Å². The Morgan fingerprint density at radius 1 is 0.842 bits per heavy atom. The number of benzene rings is 1. The maximum absolute atomic E-state index is 13.1. The Kier molecular flexibility index (Phi) is 13.8. The van der Waals surface area contributed by atoms with Crippen LogP contribution >= 0.6 is 0 Å². The van der Waals surface area contributed by atoms with E-state index in [1.54, 1.807) is 26.0 Å². The van der Waals surface area contributed by atoms with Crippen molar-refractivity contribution in [3.8, 4) is 5.75 Å². The molecule has 0 heterocycles. The molecule has 212 valence electrons. The SMILES string of the molecule is CC(C)C(NC(=O)C(N)Cc1ccc(O)cc1)C(=O)NC(CCCCN)C(=O)NC(CCC(=O)O)C(=O)O. The molecule has 0 spiro atoms. The van der Waals surface area contributed by atoms with Gasteiger partial charge in [-0.05, 0) is 62.3 Å². The van der Waals surface area contributed by atoms with E-state index in [4.69, 9.17) is 16.6 Å². The van der Waals surface area contributed by atoms with Crippen LogP contribution in [0.2, 0.25) is 0 Å². The van der Waals surface area contributed by atoms with Crippen LogP contribution in [-0.2, 0) is 30.4 Å². The highest BCUT2D eigenvalue weighted by atomic mass is 16.4. The average Bonchev–Trinajstić information content (AvgIpc) is 2.84. The molecule has 0 aromatic heterocycles. The summed E-state index contributed by atoms with van der Waals surface area (Å²) in [6.45, 7) is 3.75. The van der Waals surface area contributed by atoms with Crippen LogP contribution in [0.15, 0.2) is 24.3 Å². The Bertz CT molecular complexity index is 954. The summed E-state index contributed by atoms with van der Waals surface area (Å²) in [5.74, 6) is -4.95. The normalized spacial score (nSPS) is 14.1. The highest BCUT2D eigenvalue weighted by molar-refractivity contribution is 5.94. The minimum absolute atomic E-state index is 0.0740. The third-order valence-corrected chi connectivity index (χ3v) is 5.82. The Morgan fingerprint density at radius 3 is 1.97 bits per heavy atom. The quantitative estimate of drug-likeness (QED) is 0.118. The number of hydrogen-bond donors (Lipinski definition) is 8. The van der Waals surface area contributed by atoms with Crippen molar-refractivity contribution in [1.82, 2.24) is 16.0 Å². The molecule has 1 aromatic rings. The lowest BCUT2D eigenvalue weighted by Gasteiger charge is -2.27. The molecule has 0 radical (unpaired) electrons. The maximum atomic E-state index is 13.1. The van der Waals surface area contributed by atoms with Gasteiger partial charge in [0.05, 0.1) is 6.04 Å². The van der Waals surface area contributed by atoms with E-state index in [2.05, 4.69) is 16.0 Å². The van der Waals surface area contributed by atoms with Crippen LogP contribution in [0.25, 0.3) is 0 Å². The van der Waals surface area contributed by atoms with Gasteiger partial charge in [-0.2, -0.15) is 0 Å². The Hall–Kier alpha value is -3.71. The fourth-order valence-corrected chi connectivity index (χ4v) is 3.59. The van der Waals surface area contributed by atoms with Gasteiger partial charge < -0.3 is 42.7 Å². The second kappa shape index (κ2) is 16.2. The molecular weight excluding hydrogens is 498 g/mol. The van der Waals surface area contributed by atoms with Crippen molar-refractivity contribution in [1.29, 1.82) is 0 Å². The largest absolute Gasteiger partial charge is 0.508 e. The first-order valence-electron chi connectivity index (χ1n) is 12.4. The molecule has 3 amide bonds. The van der Waals surface area contributed by atoms with E-state index in [9.17, 15) is 34.2 Å². The van der Waals surface area contributed by atoms with Crippen molar-refractivity contribution in [2.75, 3.05) is 6.54 Å². The van der Waals surface area contributed by atoms with E-state index < -0.39 is 60.2 Å². The molecule has 4 unspecified atom stereocenters. The van der Waals surface area contributed by atoms with Crippen LogP contribution in [0.5, 0.6) is 5.75 Å². The van der Waals surface area contributed by atoms with Gasteiger partial charge in [0.25, 0.3) is 0 Å². The van der Waals surface area contributed by atoms with Crippen LogP contribution in [0.4, 0.5) is 0 Å². The van der Waals surface area contributed by atoms with E-state index in [0.717, 1.165) is 0 Å².